The number of aromatic carboxylic acids is 1. The van der Waals surface area contributed by atoms with Gasteiger partial charge in [0.2, 0.25) is 0 Å². The van der Waals surface area contributed by atoms with Gasteiger partial charge in [0, 0.05) is 7.11 Å². The van der Waals surface area contributed by atoms with Crippen LogP contribution in [-0.4, -0.2) is 28.0 Å². The predicted molar refractivity (Wildman–Crippen MR) is 61.2 cm³/mol. The minimum atomic E-state index is -1.12. The van der Waals surface area contributed by atoms with Crippen LogP contribution in [0.3, 0.4) is 0 Å². The van der Waals surface area contributed by atoms with Crippen LogP contribution in [0.1, 0.15) is 16.1 Å². The topological polar surface area (TPSA) is 64.3 Å². The number of halogens is 1. The fourth-order valence-electron chi connectivity index (χ4n) is 1.66. The van der Waals surface area contributed by atoms with E-state index in [-0.39, 0.29) is 17.9 Å². The second-order valence-electron chi connectivity index (χ2n) is 3.61. The van der Waals surface area contributed by atoms with Crippen LogP contribution in [0.2, 0.25) is 0 Å². The molecule has 2 rings (SSSR count). The van der Waals surface area contributed by atoms with Crippen LogP contribution in [0.25, 0.3) is 5.69 Å². The Hall–Kier alpha value is -2.21. The second kappa shape index (κ2) is 4.97. The van der Waals surface area contributed by atoms with Crippen LogP contribution in [-0.2, 0) is 11.3 Å². The Labute approximate surface area is 102 Å². The fourth-order valence-corrected chi connectivity index (χ4v) is 1.66. The summed E-state index contributed by atoms with van der Waals surface area (Å²) in [5.41, 5.74) is 0.493. The quantitative estimate of drug-likeness (QED) is 0.899. The molecule has 18 heavy (non-hydrogen) atoms. The standard InChI is InChI=1S/C12H11FN2O3/c1-18-7-11-8(12(16)17)6-14-15(11)10-5-3-2-4-9(10)13/h2-6H,7H2,1H3,(H,16,17). The molecule has 0 aliphatic rings. The molecule has 0 unspecified atom stereocenters. The number of methoxy groups -OCH3 is 1. The molecule has 0 aliphatic heterocycles. The van der Waals surface area contributed by atoms with Gasteiger partial charge in [0.1, 0.15) is 17.1 Å². The maximum Gasteiger partial charge on any atom is 0.339 e. The minimum absolute atomic E-state index is 0.0000954. The van der Waals surface area contributed by atoms with Gasteiger partial charge in [-0.05, 0) is 12.1 Å². The van der Waals surface area contributed by atoms with Crippen molar-refractivity contribution in [3.8, 4) is 5.69 Å². The van der Waals surface area contributed by atoms with Gasteiger partial charge in [0.15, 0.2) is 0 Å². The number of para-hydroxylation sites is 1. The van der Waals surface area contributed by atoms with E-state index in [1.807, 2.05) is 0 Å². The molecule has 0 saturated heterocycles. The molecule has 1 heterocycles. The number of hydrogen-bond acceptors (Lipinski definition) is 3. The van der Waals surface area contributed by atoms with Crippen LogP contribution in [0.15, 0.2) is 30.5 Å². The lowest BCUT2D eigenvalue weighted by molar-refractivity contribution is 0.0691. The maximum absolute atomic E-state index is 13.7. The van der Waals surface area contributed by atoms with E-state index in [2.05, 4.69) is 5.10 Å². The Kier molecular flexibility index (Phi) is 3.38. The molecular formula is C12H11FN2O3. The molecule has 94 valence electrons. The molecule has 5 nitrogen and oxygen atoms in total. The van der Waals surface area contributed by atoms with Crippen LogP contribution >= 0.6 is 0 Å². The number of rotatable bonds is 4. The summed E-state index contributed by atoms with van der Waals surface area (Å²) in [5, 5.41) is 12.9. The normalized spacial score (nSPS) is 10.6. The molecule has 0 radical (unpaired) electrons. The van der Waals surface area contributed by atoms with Gasteiger partial charge < -0.3 is 9.84 Å². The van der Waals surface area contributed by atoms with Crippen molar-refractivity contribution in [2.24, 2.45) is 0 Å². The van der Waals surface area contributed by atoms with Crippen molar-refractivity contribution in [3.63, 3.8) is 0 Å². The highest BCUT2D eigenvalue weighted by Gasteiger charge is 2.18. The van der Waals surface area contributed by atoms with E-state index in [0.29, 0.717) is 5.69 Å². The third-order valence-corrected chi connectivity index (χ3v) is 2.46. The summed E-state index contributed by atoms with van der Waals surface area (Å²) in [6.45, 7) is 0.0377. The third kappa shape index (κ3) is 2.10. The predicted octanol–water partition coefficient (Wildman–Crippen LogP) is 1.86. The summed E-state index contributed by atoms with van der Waals surface area (Å²) in [5.74, 6) is -1.60. The van der Waals surface area contributed by atoms with Gasteiger partial charge in [-0.1, -0.05) is 12.1 Å². The van der Waals surface area contributed by atoms with Gasteiger partial charge in [-0.2, -0.15) is 5.10 Å². The first-order chi connectivity index (χ1) is 8.65. The summed E-state index contributed by atoms with van der Waals surface area (Å²) in [6, 6.07) is 6.01. The van der Waals surface area contributed by atoms with Crippen molar-refractivity contribution in [3.05, 3.63) is 47.5 Å². The maximum atomic E-state index is 13.7. The molecule has 0 aliphatic carbocycles. The van der Waals surface area contributed by atoms with Gasteiger partial charge in [-0.15, -0.1) is 0 Å². The van der Waals surface area contributed by atoms with Gasteiger partial charge in [-0.25, -0.2) is 13.9 Å². The second-order valence-corrected chi connectivity index (χ2v) is 3.61. The minimum Gasteiger partial charge on any atom is -0.478 e. The molecular weight excluding hydrogens is 239 g/mol. The van der Waals surface area contributed by atoms with E-state index in [9.17, 15) is 9.18 Å². The Balaban J connectivity index is 2.58. The highest BCUT2D eigenvalue weighted by molar-refractivity contribution is 5.88. The number of hydrogen-bond donors (Lipinski definition) is 1. The summed E-state index contributed by atoms with van der Waals surface area (Å²) in [6.07, 6.45) is 1.18. The summed E-state index contributed by atoms with van der Waals surface area (Å²) >= 11 is 0. The highest BCUT2D eigenvalue weighted by atomic mass is 19.1. The summed E-state index contributed by atoms with van der Waals surface area (Å²) < 4.78 is 19.8. The lowest BCUT2D eigenvalue weighted by Gasteiger charge is -2.08. The molecule has 2 aromatic rings. The first-order valence-electron chi connectivity index (χ1n) is 5.19. The van der Waals surface area contributed by atoms with Crippen molar-refractivity contribution in [1.29, 1.82) is 0 Å². The average Bonchev–Trinajstić information content (AvgIpc) is 2.74. The lowest BCUT2D eigenvalue weighted by Crippen LogP contribution is -2.08. The highest BCUT2D eigenvalue weighted by Crippen LogP contribution is 2.18. The Bertz CT molecular complexity index is 580. The Morgan fingerprint density at radius 3 is 2.83 bits per heavy atom. The summed E-state index contributed by atoms with van der Waals surface area (Å²) in [4.78, 5) is 11.0. The lowest BCUT2D eigenvalue weighted by atomic mass is 10.2. The van der Waals surface area contributed by atoms with Gasteiger partial charge in [0.25, 0.3) is 0 Å². The average molecular weight is 250 g/mol. The van der Waals surface area contributed by atoms with Gasteiger partial charge >= 0.3 is 5.97 Å². The largest absolute Gasteiger partial charge is 0.478 e. The Morgan fingerprint density at radius 1 is 1.50 bits per heavy atom. The molecule has 1 aromatic carbocycles. The molecule has 0 bridgehead atoms. The van der Waals surface area contributed by atoms with Gasteiger partial charge in [-0.3, -0.25) is 0 Å². The first-order valence-corrected chi connectivity index (χ1v) is 5.19. The zero-order chi connectivity index (χ0) is 13.1. The van der Waals surface area contributed by atoms with E-state index in [0.717, 1.165) is 0 Å². The molecule has 0 saturated carbocycles. The van der Waals surface area contributed by atoms with Gasteiger partial charge in [0.05, 0.1) is 18.5 Å². The van der Waals surface area contributed by atoms with Crippen LogP contribution in [0.4, 0.5) is 4.39 Å². The fraction of sp³-hybridized carbons (Fsp3) is 0.167. The monoisotopic (exact) mass is 250 g/mol. The van der Waals surface area contributed by atoms with Crippen molar-refractivity contribution in [2.45, 2.75) is 6.61 Å². The van der Waals surface area contributed by atoms with Crippen LogP contribution < -0.4 is 0 Å². The van der Waals surface area contributed by atoms with E-state index in [1.54, 1.807) is 12.1 Å². The van der Waals surface area contributed by atoms with Crippen molar-refractivity contribution >= 4 is 5.97 Å². The smallest absolute Gasteiger partial charge is 0.339 e. The van der Waals surface area contributed by atoms with Crippen LogP contribution in [0.5, 0.6) is 0 Å². The number of ether oxygens (including phenoxy) is 1. The summed E-state index contributed by atoms with van der Waals surface area (Å²) in [7, 11) is 1.43. The first kappa shape index (κ1) is 12.3. The number of aromatic nitrogens is 2. The van der Waals surface area contributed by atoms with E-state index in [1.165, 1.54) is 30.1 Å². The molecule has 0 spiro atoms. The number of carboxylic acid groups (broad SMARTS) is 1. The SMILES string of the molecule is COCc1c(C(=O)O)cnn1-c1ccccc1F. The number of nitrogens with zero attached hydrogens (tertiary/aromatic N) is 2. The molecule has 0 fully saturated rings. The number of benzene rings is 1. The van der Waals surface area contributed by atoms with E-state index >= 15 is 0 Å². The zero-order valence-electron chi connectivity index (χ0n) is 9.63. The number of carbonyl (C=O) groups is 1. The van der Waals surface area contributed by atoms with E-state index < -0.39 is 11.8 Å². The molecule has 1 aromatic heterocycles. The van der Waals surface area contributed by atoms with Crippen molar-refractivity contribution < 1.29 is 19.0 Å². The third-order valence-electron chi connectivity index (χ3n) is 2.46. The zero-order valence-corrected chi connectivity index (χ0v) is 9.63. The Morgan fingerprint density at radius 2 is 2.22 bits per heavy atom. The van der Waals surface area contributed by atoms with Crippen molar-refractivity contribution in [2.75, 3.05) is 7.11 Å². The van der Waals surface area contributed by atoms with E-state index in [4.69, 9.17) is 9.84 Å². The van der Waals surface area contributed by atoms with Crippen LogP contribution in [0, 0.1) is 5.82 Å². The molecule has 1 N–H and O–H groups in total. The molecule has 6 heteroatoms. The van der Waals surface area contributed by atoms with Crippen molar-refractivity contribution in [1.82, 2.24) is 9.78 Å². The molecule has 0 atom stereocenters. The number of carboxylic acids is 1. The molecule has 0 amide bonds.